The van der Waals surface area contributed by atoms with Crippen molar-refractivity contribution in [2.45, 2.75) is 111 Å². The average Bonchev–Trinajstić information content (AvgIpc) is 3.00. The Morgan fingerprint density at radius 3 is 2.11 bits per heavy atom. The molecule has 0 radical (unpaired) electrons. The zero-order valence-corrected chi connectivity index (χ0v) is 24.3. The van der Waals surface area contributed by atoms with E-state index in [4.69, 9.17) is 52.7 Å². The van der Waals surface area contributed by atoms with Crippen molar-refractivity contribution in [3.8, 4) is 0 Å². The van der Waals surface area contributed by atoms with Crippen LogP contribution < -0.4 is 34.0 Å². The maximum Gasteiger partial charge on any atom is 0.186 e. The van der Waals surface area contributed by atoms with Gasteiger partial charge in [0.05, 0.1) is 31.4 Å². The lowest BCUT2D eigenvalue weighted by Gasteiger charge is -2.49. The molecular weight excluding hydrogens is 592 g/mol. The summed E-state index contributed by atoms with van der Waals surface area (Å²) in [6.45, 7) is -1.13. The summed E-state index contributed by atoms with van der Waals surface area (Å²) in [7, 11) is 0. The van der Waals surface area contributed by atoms with Crippen LogP contribution in [0.1, 0.15) is 12.8 Å². The van der Waals surface area contributed by atoms with Gasteiger partial charge in [0.15, 0.2) is 18.4 Å². The Bertz CT molecular complexity index is 897. The number of rotatable bonds is 14. The van der Waals surface area contributed by atoms with Gasteiger partial charge >= 0.3 is 0 Å². The Balaban J connectivity index is 1.81. The number of carbonyl (C=O) groups excluding carboxylic acids is 1. The number of hydrogen-bond acceptors (Lipinski definition) is 19. The minimum absolute atomic E-state index is 0.00773. The van der Waals surface area contributed by atoms with Gasteiger partial charge in [-0.3, -0.25) is 4.79 Å². The first-order valence-corrected chi connectivity index (χ1v) is 14.6. The quantitative estimate of drug-likeness (QED) is 0.0835. The number of ketones is 1. The molecule has 2 aliphatic heterocycles. The lowest BCUT2D eigenvalue weighted by atomic mass is 9.76. The molecule has 1 aliphatic carbocycles. The Morgan fingerprint density at radius 2 is 1.50 bits per heavy atom. The molecule has 0 spiro atoms. The number of aliphatic hydroxyl groups is 8. The van der Waals surface area contributed by atoms with Crippen LogP contribution in [0.25, 0.3) is 0 Å². The summed E-state index contributed by atoms with van der Waals surface area (Å²) in [5.41, 5.74) is 29.5. The van der Waals surface area contributed by atoms with Crippen molar-refractivity contribution in [3.05, 3.63) is 0 Å². The summed E-state index contributed by atoms with van der Waals surface area (Å²) in [6, 6.07) is -4.13. The van der Waals surface area contributed by atoms with E-state index in [0.29, 0.717) is 0 Å². The first-order chi connectivity index (χ1) is 20.7. The Morgan fingerprint density at radius 1 is 0.864 bits per heavy atom. The molecule has 0 amide bonds. The Hall–Kier alpha value is -1.05. The molecule has 0 aromatic carbocycles. The van der Waals surface area contributed by atoms with Gasteiger partial charge in [-0.15, -0.1) is 0 Å². The zero-order chi connectivity index (χ0) is 32.9. The molecule has 258 valence electrons. The molecule has 0 aromatic rings. The van der Waals surface area contributed by atoms with Crippen LogP contribution in [0.5, 0.6) is 0 Å². The van der Waals surface area contributed by atoms with Crippen molar-refractivity contribution in [3.63, 3.8) is 0 Å². The summed E-state index contributed by atoms with van der Waals surface area (Å²) in [5, 5.41) is 85.1. The van der Waals surface area contributed by atoms with Crippen molar-refractivity contribution in [1.82, 2.24) is 5.32 Å². The van der Waals surface area contributed by atoms with E-state index in [1.165, 1.54) is 0 Å². The number of nitrogens with one attached hydrogen (secondary N) is 1. The molecule has 0 aromatic heterocycles. The second kappa shape index (κ2) is 16.7. The number of ether oxygens (including phenoxy) is 4. The summed E-state index contributed by atoms with van der Waals surface area (Å²) in [4.78, 5) is 12.6. The first kappa shape index (κ1) is 37.4. The number of nitrogens with two attached hydrogens (primary N) is 5. The lowest BCUT2D eigenvalue weighted by molar-refractivity contribution is -0.323. The largest absolute Gasteiger partial charge is 0.395 e. The van der Waals surface area contributed by atoms with E-state index in [9.17, 15) is 40.5 Å². The minimum Gasteiger partial charge on any atom is -0.395 e. The van der Waals surface area contributed by atoms with Crippen molar-refractivity contribution < 1.29 is 64.6 Å². The van der Waals surface area contributed by atoms with Gasteiger partial charge in [0, 0.05) is 38.1 Å². The van der Waals surface area contributed by atoms with Gasteiger partial charge in [-0.25, -0.2) is 0 Å². The molecule has 17 atom stereocenters. The van der Waals surface area contributed by atoms with Crippen molar-refractivity contribution in [2.75, 3.05) is 32.8 Å². The third-order valence-corrected chi connectivity index (χ3v) is 8.45. The molecule has 3 aliphatic rings. The molecule has 0 bridgehead atoms. The Kier molecular flexibility index (Phi) is 14.2. The molecule has 2 saturated heterocycles. The van der Waals surface area contributed by atoms with Gasteiger partial charge in [0.1, 0.15) is 54.9 Å². The molecule has 2 heterocycles. The van der Waals surface area contributed by atoms with Crippen LogP contribution in [0.3, 0.4) is 0 Å². The van der Waals surface area contributed by atoms with Crippen LogP contribution >= 0.6 is 0 Å². The number of Topliss-reactive ketones (excluding diaryl/α,β-unsaturated/α-hetero) is 1. The van der Waals surface area contributed by atoms with Crippen LogP contribution in [0, 0.1) is 5.92 Å². The summed E-state index contributed by atoms with van der Waals surface area (Å²) < 4.78 is 23.3. The molecule has 19 N–H and O–H groups in total. The second-order valence-corrected chi connectivity index (χ2v) is 11.8. The SMILES string of the molecule is NC[C@H](O)C(=O)C[C@@H]1C[C@H](N)C(O[C@H]2O[C@H](CNCC(N)CO)[C@@H](O)[C@H](O)[C@H]2N)[C@H](O)[C@H]1O[C@H]1O[C@H](CO)[C@@H](O)[C@H](N)[C@H]1O. The van der Waals surface area contributed by atoms with Crippen LogP contribution in [-0.4, -0.2) is 177 Å². The molecule has 3 rings (SSSR count). The topological polar surface area (TPSA) is 358 Å². The van der Waals surface area contributed by atoms with Gasteiger partial charge in [0.25, 0.3) is 0 Å². The van der Waals surface area contributed by atoms with Crippen LogP contribution in [0.4, 0.5) is 0 Å². The molecule has 19 nitrogen and oxygen atoms in total. The Labute approximate surface area is 254 Å². The maximum absolute atomic E-state index is 12.6. The highest BCUT2D eigenvalue weighted by Gasteiger charge is 2.52. The number of aliphatic hydroxyl groups excluding tert-OH is 8. The molecule has 2 unspecified atom stereocenters. The third kappa shape index (κ3) is 8.64. The van der Waals surface area contributed by atoms with Crippen molar-refractivity contribution in [1.29, 1.82) is 0 Å². The van der Waals surface area contributed by atoms with Crippen LogP contribution in [0.15, 0.2) is 0 Å². The predicted molar refractivity (Wildman–Crippen MR) is 149 cm³/mol. The van der Waals surface area contributed by atoms with Gasteiger partial charge in [-0.2, -0.15) is 0 Å². The van der Waals surface area contributed by atoms with Crippen molar-refractivity contribution in [2.24, 2.45) is 34.6 Å². The molecular formula is C25H50N6O13. The van der Waals surface area contributed by atoms with Gasteiger partial charge in [0.2, 0.25) is 0 Å². The average molecular weight is 643 g/mol. The molecule has 1 saturated carbocycles. The van der Waals surface area contributed by atoms with Gasteiger partial charge < -0.3 is 93.8 Å². The smallest absolute Gasteiger partial charge is 0.186 e. The summed E-state index contributed by atoms with van der Waals surface area (Å²) in [6.07, 6.45) is -17.3. The number of hydrogen-bond donors (Lipinski definition) is 14. The van der Waals surface area contributed by atoms with E-state index in [1.54, 1.807) is 0 Å². The second-order valence-electron chi connectivity index (χ2n) is 11.8. The highest BCUT2D eigenvalue weighted by Crippen LogP contribution is 2.36. The lowest BCUT2D eigenvalue weighted by Crippen LogP contribution is -2.68. The standard InChI is InChI=1S/C25H50N6O13/c26-3-12(35)11(34)2-8-1-10(28)23(21(40)22(8)43-25-20(39)15(29)17(36)14(7-33)42-25)44-24-16(30)19(38)18(37)13(41-24)5-31-4-9(27)6-32/h8-10,12-25,31-33,35-40H,1-7,26-30H2/t8-,9?,10-,12-,13+,14+,15-,16+,17+,18+,19+,20+,21+,22-,23?,24+,25+/m0/s1. The highest BCUT2D eigenvalue weighted by molar-refractivity contribution is 5.83. The maximum atomic E-state index is 12.6. The summed E-state index contributed by atoms with van der Waals surface area (Å²) in [5.74, 6) is -1.51. The molecule has 44 heavy (non-hydrogen) atoms. The van der Waals surface area contributed by atoms with Gasteiger partial charge in [-0.1, -0.05) is 0 Å². The van der Waals surface area contributed by atoms with E-state index in [2.05, 4.69) is 5.32 Å². The fourth-order valence-corrected chi connectivity index (χ4v) is 5.69. The zero-order valence-electron chi connectivity index (χ0n) is 24.3. The monoisotopic (exact) mass is 642 g/mol. The van der Waals surface area contributed by atoms with Crippen LogP contribution in [0.2, 0.25) is 0 Å². The predicted octanol–water partition coefficient (Wildman–Crippen LogP) is -8.81. The first-order valence-electron chi connectivity index (χ1n) is 14.6. The highest BCUT2D eigenvalue weighted by atomic mass is 16.7. The number of carbonyl (C=O) groups is 1. The van der Waals surface area contributed by atoms with E-state index in [1.807, 2.05) is 0 Å². The van der Waals surface area contributed by atoms with E-state index < -0.39 is 116 Å². The van der Waals surface area contributed by atoms with E-state index in [-0.39, 0.29) is 39.1 Å². The fourth-order valence-electron chi connectivity index (χ4n) is 5.69. The van der Waals surface area contributed by atoms with E-state index in [0.717, 1.165) is 0 Å². The van der Waals surface area contributed by atoms with Crippen LogP contribution in [-0.2, 0) is 23.7 Å². The molecule has 19 heteroatoms. The third-order valence-electron chi connectivity index (χ3n) is 8.45. The molecule has 3 fully saturated rings. The van der Waals surface area contributed by atoms with Crippen molar-refractivity contribution >= 4 is 5.78 Å². The minimum atomic E-state index is -1.64. The normalized spacial score (nSPS) is 44.7. The van der Waals surface area contributed by atoms with Gasteiger partial charge in [-0.05, 0) is 12.3 Å². The van der Waals surface area contributed by atoms with E-state index >= 15 is 0 Å². The summed E-state index contributed by atoms with van der Waals surface area (Å²) >= 11 is 0. The fraction of sp³-hybridized carbons (Fsp3) is 0.960.